The number of carbonyl (C=O) groups excluding carboxylic acids is 1. The molecule has 4 nitrogen and oxygen atoms in total. The van der Waals surface area contributed by atoms with Crippen molar-refractivity contribution in [3.05, 3.63) is 84.2 Å². The van der Waals surface area contributed by atoms with E-state index in [1.807, 2.05) is 27.7 Å². The predicted octanol–water partition coefficient (Wildman–Crippen LogP) is 9.35. The van der Waals surface area contributed by atoms with Crippen molar-refractivity contribution in [1.29, 1.82) is 0 Å². The Hall–Kier alpha value is -2.83. The molecule has 0 amide bonds. The van der Waals surface area contributed by atoms with Crippen molar-refractivity contribution in [2.45, 2.75) is 59.6 Å². The Labute approximate surface area is 279 Å². The maximum atomic E-state index is 14.2. The number of nitrogens with zero attached hydrogens (tertiary/aromatic N) is 2. The molecule has 0 saturated heterocycles. The maximum Gasteiger partial charge on any atom is 0 e. The minimum Gasteiger partial charge on any atom is 0 e. The average Bonchev–Trinajstić information content (AvgIpc) is 3.49. The van der Waals surface area contributed by atoms with Crippen molar-refractivity contribution in [2.75, 3.05) is 0 Å². The van der Waals surface area contributed by atoms with E-state index in [2.05, 4.69) is 16.0 Å². The van der Waals surface area contributed by atoms with E-state index in [0.29, 0.717) is 4.26 Å². The number of rotatable bonds is 8. The Bertz CT molecular complexity index is 2060. The van der Waals surface area contributed by atoms with Gasteiger partial charge in [0.05, 0.1) is 5.76 Å². The van der Waals surface area contributed by atoms with Crippen molar-refractivity contribution in [1.82, 2.24) is 9.97 Å². The van der Waals surface area contributed by atoms with Crippen LogP contribution in [0.25, 0.3) is 41.5 Å². The van der Waals surface area contributed by atoms with Gasteiger partial charge in [-0.25, -0.2) is 0 Å². The number of hydrogen-bond acceptors (Lipinski definition) is 4. The molecule has 1 N–H and O–H groups in total. The standard InChI is InChI=1S/C21H10F3N2Se.C13H24O2.Ir/c22-21(23,24)18-14-7-3-1-5-12(14)9-15-19(25-11-26-20(15)18)17-10-13-6-2-4-8-16(13)27-17;1-5-10(6-2)12(14)9-13(15)11(7-3)8-4;/h1-9,11H;9-11,14H,5-8H2,1-4H3;/q-1;;/b;12-9-;/i1D,2D,3D,4D,6D,8D,11D;;. The molecule has 0 aliphatic carbocycles. The SMILES string of the molecule is CCC(CC)C(=O)/C=C(\O)C(CC)CC.[2H]c1nc(-c2[c-]c3c([2H])c([2H])c([2H])c([2H])c3[se]2)c2cc3cc([2H])c([2H])cc3c(C(F)(F)F)c2n1.[Ir]. The third kappa shape index (κ3) is 7.82. The summed E-state index contributed by atoms with van der Waals surface area (Å²) in [6.45, 7) is 8.07. The molecule has 0 spiro atoms. The summed E-state index contributed by atoms with van der Waals surface area (Å²) in [7, 11) is 0. The molecule has 2 heterocycles. The summed E-state index contributed by atoms with van der Waals surface area (Å²) >= 11 is -0.765. The van der Waals surface area contributed by atoms with Crippen LogP contribution >= 0.6 is 0 Å². The third-order valence-corrected chi connectivity index (χ3v) is 9.27. The van der Waals surface area contributed by atoms with Crippen LogP contribution in [0.2, 0.25) is 0 Å². The smallest absolute Gasteiger partial charge is 0 e. The van der Waals surface area contributed by atoms with Gasteiger partial charge in [0, 0.05) is 38.0 Å². The van der Waals surface area contributed by atoms with Gasteiger partial charge in [0.25, 0.3) is 0 Å². The zero-order valence-electron chi connectivity index (χ0n) is 30.9. The first-order valence-corrected chi connectivity index (χ1v) is 15.4. The van der Waals surface area contributed by atoms with E-state index in [1.54, 1.807) is 0 Å². The van der Waals surface area contributed by atoms with E-state index in [4.69, 9.17) is 9.60 Å². The van der Waals surface area contributed by atoms with Crippen molar-refractivity contribution in [2.24, 2.45) is 11.8 Å². The molecule has 0 aliphatic rings. The number of aromatic nitrogens is 2. The van der Waals surface area contributed by atoms with Crippen LogP contribution in [0.1, 0.15) is 68.5 Å². The van der Waals surface area contributed by atoms with E-state index in [9.17, 15) is 23.1 Å². The molecule has 0 fully saturated rings. The van der Waals surface area contributed by atoms with Gasteiger partial charge in [0.15, 0.2) is 5.78 Å². The van der Waals surface area contributed by atoms with Gasteiger partial charge < -0.3 is 5.11 Å². The first-order valence-electron chi connectivity index (χ1n) is 17.1. The molecule has 5 aromatic rings. The molecule has 0 unspecified atom stereocenters. The molecular formula is C34H34F3IrN2O2Se-. The van der Waals surface area contributed by atoms with Crippen molar-refractivity contribution >= 4 is 51.6 Å². The minimum absolute atomic E-state index is 0. The Morgan fingerprint density at radius 1 is 1.00 bits per heavy atom. The fourth-order valence-electron chi connectivity index (χ4n) is 4.75. The molecule has 229 valence electrons. The van der Waals surface area contributed by atoms with Crippen molar-refractivity contribution in [3.8, 4) is 10.1 Å². The number of aliphatic hydroxyl groups is 1. The predicted molar refractivity (Wildman–Crippen MR) is 165 cm³/mol. The molecule has 43 heavy (non-hydrogen) atoms. The molecule has 3 aromatic carbocycles. The van der Waals surface area contributed by atoms with Crippen molar-refractivity contribution < 1.29 is 52.8 Å². The van der Waals surface area contributed by atoms with Crippen molar-refractivity contribution in [3.63, 3.8) is 0 Å². The first-order chi connectivity index (χ1) is 23.0. The van der Waals surface area contributed by atoms with E-state index >= 15 is 0 Å². The number of halogens is 3. The second kappa shape index (κ2) is 15.3. The second-order valence-corrected chi connectivity index (χ2v) is 11.8. The Morgan fingerprint density at radius 3 is 2.30 bits per heavy atom. The second-order valence-electron chi connectivity index (χ2n) is 9.66. The van der Waals surface area contributed by atoms with Gasteiger partial charge in [-0.1, -0.05) is 27.7 Å². The zero-order chi connectivity index (χ0) is 36.5. The van der Waals surface area contributed by atoms with Gasteiger partial charge in [-0.15, -0.1) is 0 Å². The Kier molecular flexibility index (Phi) is 9.04. The number of benzene rings is 3. The monoisotopic (exact) mass is 839 g/mol. The van der Waals surface area contributed by atoms with E-state index in [0.717, 1.165) is 37.8 Å². The van der Waals surface area contributed by atoms with Gasteiger partial charge in [-0.3, -0.25) is 4.79 Å². The number of ketones is 1. The number of aliphatic hydroxyl groups excluding tert-OH is 1. The molecule has 0 saturated carbocycles. The van der Waals surface area contributed by atoms with Crippen LogP contribution in [0.15, 0.2) is 72.6 Å². The maximum absolute atomic E-state index is 14.2. The molecular weight excluding hydrogens is 797 g/mol. The summed E-state index contributed by atoms with van der Waals surface area (Å²) in [6, 6.07) is 4.32. The number of fused-ring (bicyclic) bond motifs is 3. The molecule has 5 rings (SSSR count). The molecule has 0 aliphatic heterocycles. The number of alkyl halides is 3. The summed E-state index contributed by atoms with van der Waals surface area (Å²) < 4.78 is 98.7. The van der Waals surface area contributed by atoms with Gasteiger partial charge in [-0.2, -0.15) is 0 Å². The van der Waals surface area contributed by atoms with Gasteiger partial charge in [-0.05, 0) is 25.7 Å². The summed E-state index contributed by atoms with van der Waals surface area (Å²) in [5.74, 6) is 0.547. The van der Waals surface area contributed by atoms with Crippen LogP contribution in [-0.4, -0.2) is 35.4 Å². The van der Waals surface area contributed by atoms with Gasteiger partial charge in [0.2, 0.25) is 0 Å². The Balaban J connectivity index is 0.000000361. The number of allylic oxidation sites excluding steroid dienone is 2. The summed E-state index contributed by atoms with van der Waals surface area (Å²) in [6.07, 6.45) is -0.642. The largest absolute Gasteiger partial charge is 0 e. The van der Waals surface area contributed by atoms with E-state index < -0.39 is 50.1 Å². The fraction of sp³-hybridized carbons (Fsp3) is 0.324. The van der Waals surface area contributed by atoms with Crippen LogP contribution in [0.4, 0.5) is 13.2 Å². The summed E-state index contributed by atoms with van der Waals surface area (Å²) in [5, 5.41) is 9.58. The molecule has 0 atom stereocenters. The van der Waals surface area contributed by atoms with Crippen LogP contribution in [0.5, 0.6) is 0 Å². The van der Waals surface area contributed by atoms with E-state index in [1.165, 1.54) is 12.1 Å². The normalized spacial score (nSPS) is 14.3. The molecule has 1 radical (unpaired) electrons. The van der Waals surface area contributed by atoms with Gasteiger partial charge >= 0.3 is 167 Å². The zero-order valence-corrected chi connectivity index (χ0v) is 28.0. The fourth-order valence-corrected chi connectivity index (χ4v) is 6.67. The van der Waals surface area contributed by atoms with E-state index in [-0.39, 0.29) is 99.3 Å². The summed E-state index contributed by atoms with van der Waals surface area (Å²) in [4.78, 5) is 19.5. The van der Waals surface area contributed by atoms with Gasteiger partial charge in [0.1, 0.15) is 0 Å². The van der Waals surface area contributed by atoms with Crippen LogP contribution < -0.4 is 0 Å². The topological polar surface area (TPSA) is 63.1 Å². The first kappa shape index (κ1) is 25.5. The third-order valence-electron chi connectivity index (χ3n) is 7.15. The summed E-state index contributed by atoms with van der Waals surface area (Å²) in [5.41, 5.74) is -1.69. The quantitative estimate of drug-likeness (QED) is 0.0557. The van der Waals surface area contributed by atoms with Crippen LogP contribution in [0.3, 0.4) is 0 Å². The molecule has 0 bridgehead atoms. The number of carbonyl (C=O) groups is 1. The number of hydrogen-bond donors (Lipinski definition) is 1. The Morgan fingerprint density at radius 2 is 1.65 bits per heavy atom. The minimum atomic E-state index is -4.88. The molecule has 2 aromatic heterocycles. The van der Waals surface area contributed by atoms with Crippen LogP contribution in [0, 0.1) is 17.9 Å². The average molecular weight is 838 g/mol. The molecule has 9 heteroatoms. The van der Waals surface area contributed by atoms with Crippen LogP contribution in [-0.2, 0) is 31.1 Å².